The normalized spacial score (nSPS) is 30.7. The molecule has 1 aromatic carbocycles. The van der Waals surface area contributed by atoms with E-state index in [0.717, 1.165) is 19.6 Å². The number of ether oxygens (including phenoxy) is 1. The summed E-state index contributed by atoms with van der Waals surface area (Å²) in [5.74, 6) is -2.38. The molecule has 6 nitrogen and oxygen atoms in total. The molecule has 0 aromatic heterocycles. The van der Waals surface area contributed by atoms with Gasteiger partial charge in [0, 0.05) is 32.7 Å². The van der Waals surface area contributed by atoms with Crippen LogP contribution in [0.1, 0.15) is 11.1 Å². The largest absolute Gasteiger partial charge is 0.481 e. The van der Waals surface area contributed by atoms with Gasteiger partial charge in [0.25, 0.3) is 0 Å². The molecule has 0 aliphatic carbocycles. The molecule has 0 saturated carbocycles. The molecular formula is C20H24N2O4. The third-order valence-corrected chi connectivity index (χ3v) is 5.68. The molecule has 0 unspecified atom stereocenters. The molecule has 0 radical (unpaired) electrons. The monoisotopic (exact) mass is 356 g/mol. The zero-order valence-corrected chi connectivity index (χ0v) is 14.9. The Morgan fingerprint density at radius 3 is 2.27 bits per heavy atom. The Balaban J connectivity index is 1.36. The van der Waals surface area contributed by atoms with E-state index in [1.54, 1.807) is 6.08 Å². The van der Waals surface area contributed by atoms with Gasteiger partial charge in [0.2, 0.25) is 5.91 Å². The first-order chi connectivity index (χ1) is 12.5. The fourth-order valence-electron chi connectivity index (χ4n) is 4.19. The second-order valence-electron chi connectivity index (χ2n) is 7.43. The molecule has 2 bridgehead atoms. The molecule has 3 aliphatic heterocycles. The van der Waals surface area contributed by atoms with Crippen LogP contribution in [0.3, 0.4) is 0 Å². The minimum absolute atomic E-state index is 0.0794. The molecule has 1 amide bonds. The number of hydrogen-bond donors (Lipinski definition) is 1. The number of carbonyl (C=O) groups excluding carboxylic acids is 1. The number of carboxylic acids is 1. The van der Waals surface area contributed by atoms with E-state index in [0.29, 0.717) is 13.1 Å². The van der Waals surface area contributed by atoms with E-state index in [9.17, 15) is 14.7 Å². The summed E-state index contributed by atoms with van der Waals surface area (Å²) in [4.78, 5) is 28.7. The standard InChI is InChI=1S/C20H24N2O4/c1-13-2-4-14(5-3-13)12-21-8-10-22(11-9-21)19(23)17-15-6-7-16(26-15)18(17)20(24)25/h2-7,15-18H,8-12H2,1H3,(H,24,25)/t15-,16-,17+,18-/m1/s1. The number of benzene rings is 1. The third-order valence-electron chi connectivity index (χ3n) is 5.68. The van der Waals surface area contributed by atoms with Gasteiger partial charge in [0.1, 0.15) is 5.92 Å². The molecule has 1 N–H and O–H groups in total. The van der Waals surface area contributed by atoms with Crippen LogP contribution in [-0.2, 0) is 20.9 Å². The van der Waals surface area contributed by atoms with Crippen LogP contribution < -0.4 is 0 Å². The highest BCUT2D eigenvalue weighted by Crippen LogP contribution is 2.40. The molecule has 4 atom stereocenters. The van der Waals surface area contributed by atoms with Crippen molar-refractivity contribution in [1.29, 1.82) is 0 Å². The van der Waals surface area contributed by atoms with Crippen LogP contribution in [0, 0.1) is 18.8 Å². The predicted octanol–water partition coefficient (Wildman–Crippen LogP) is 1.29. The molecule has 1 aromatic rings. The molecule has 6 heteroatoms. The summed E-state index contributed by atoms with van der Waals surface area (Å²) in [5.41, 5.74) is 2.52. The number of carbonyl (C=O) groups is 2. The van der Waals surface area contributed by atoms with Gasteiger partial charge in [0.15, 0.2) is 0 Å². The van der Waals surface area contributed by atoms with Crippen LogP contribution in [-0.4, -0.2) is 65.2 Å². The van der Waals surface area contributed by atoms with Gasteiger partial charge in [-0.05, 0) is 12.5 Å². The second kappa shape index (κ2) is 6.85. The Bertz CT molecular complexity index is 722. The first-order valence-electron chi connectivity index (χ1n) is 9.16. The van der Waals surface area contributed by atoms with Crippen molar-refractivity contribution in [1.82, 2.24) is 9.80 Å². The number of amides is 1. The number of nitrogens with zero attached hydrogens (tertiary/aromatic N) is 2. The molecule has 26 heavy (non-hydrogen) atoms. The number of rotatable bonds is 4. The zero-order valence-electron chi connectivity index (χ0n) is 14.9. The molecule has 2 saturated heterocycles. The molecule has 138 valence electrons. The van der Waals surface area contributed by atoms with Crippen LogP contribution in [0.5, 0.6) is 0 Å². The van der Waals surface area contributed by atoms with Crippen LogP contribution in [0.15, 0.2) is 36.4 Å². The lowest BCUT2D eigenvalue weighted by molar-refractivity contribution is -0.150. The van der Waals surface area contributed by atoms with Gasteiger partial charge in [0.05, 0.1) is 18.1 Å². The van der Waals surface area contributed by atoms with Gasteiger partial charge < -0.3 is 14.7 Å². The summed E-state index contributed by atoms with van der Waals surface area (Å²) in [6, 6.07) is 8.51. The van der Waals surface area contributed by atoms with E-state index in [4.69, 9.17) is 4.74 Å². The Morgan fingerprint density at radius 2 is 1.65 bits per heavy atom. The number of fused-ring (bicyclic) bond motifs is 2. The van der Waals surface area contributed by atoms with Crippen molar-refractivity contribution in [2.75, 3.05) is 26.2 Å². The first kappa shape index (κ1) is 17.2. The maximum Gasteiger partial charge on any atom is 0.310 e. The molecule has 4 rings (SSSR count). The van der Waals surface area contributed by atoms with Gasteiger partial charge in [-0.2, -0.15) is 0 Å². The van der Waals surface area contributed by atoms with Crippen molar-refractivity contribution < 1.29 is 19.4 Å². The van der Waals surface area contributed by atoms with E-state index < -0.39 is 23.9 Å². The highest BCUT2D eigenvalue weighted by molar-refractivity contribution is 5.87. The number of aryl methyl sites for hydroxylation is 1. The summed E-state index contributed by atoms with van der Waals surface area (Å²) in [7, 11) is 0. The number of aliphatic carboxylic acids is 1. The fourth-order valence-corrected chi connectivity index (χ4v) is 4.19. The van der Waals surface area contributed by atoms with Gasteiger partial charge in [-0.25, -0.2) is 0 Å². The molecule has 0 spiro atoms. The summed E-state index contributed by atoms with van der Waals surface area (Å²) >= 11 is 0. The van der Waals surface area contributed by atoms with Gasteiger partial charge >= 0.3 is 5.97 Å². The zero-order chi connectivity index (χ0) is 18.3. The average Bonchev–Trinajstić information content (AvgIpc) is 3.25. The molecular weight excluding hydrogens is 332 g/mol. The lowest BCUT2D eigenvalue weighted by Crippen LogP contribution is -2.52. The Hall–Kier alpha value is -2.18. The lowest BCUT2D eigenvalue weighted by Gasteiger charge is -2.37. The topological polar surface area (TPSA) is 70.1 Å². The van der Waals surface area contributed by atoms with Gasteiger partial charge in [-0.1, -0.05) is 42.0 Å². The predicted molar refractivity (Wildman–Crippen MR) is 95.5 cm³/mol. The highest BCUT2D eigenvalue weighted by Gasteiger charge is 2.54. The smallest absolute Gasteiger partial charge is 0.310 e. The van der Waals surface area contributed by atoms with Crippen molar-refractivity contribution >= 4 is 11.9 Å². The minimum Gasteiger partial charge on any atom is -0.481 e. The quantitative estimate of drug-likeness (QED) is 0.824. The van der Waals surface area contributed by atoms with E-state index in [-0.39, 0.29) is 12.0 Å². The summed E-state index contributed by atoms with van der Waals surface area (Å²) < 4.78 is 5.63. The first-order valence-corrected chi connectivity index (χ1v) is 9.16. The van der Waals surface area contributed by atoms with Crippen molar-refractivity contribution in [3.8, 4) is 0 Å². The van der Waals surface area contributed by atoms with Crippen LogP contribution >= 0.6 is 0 Å². The van der Waals surface area contributed by atoms with E-state index in [1.165, 1.54) is 11.1 Å². The lowest BCUT2D eigenvalue weighted by atomic mass is 9.82. The summed E-state index contributed by atoms with van der Waals surface area (Å²) in [6.45, 7) is 5.82. The number of hydrogen-bond acceptors (Lipinski definition) is 4. The Morgan fingerprint density at radius 1 is 1.04 bits per heavy atom. The highest BCUT2D eigenvalue weighted by atomic mass is 16.5. The summed E-state index contributed by atoms with van der Waals surface area (Å²) in [6.07, 6.45) is 2.75. The second-order valence-corrected chi connectivity index (χ2v) is 7.43. The van der Waals surface area contributed by atoms with Crippen molar-refractivity contribution in [3.05, 3.63) is 47.5 Å². The van der Waals surface area contributed by atoms with Crippen molar-refractivity contribution in [2.45, 2.75) is 25.7 Å². The maximum atomic E-state index is 12.9. The van der Waals surface area contributed by atoms with E-state index in [1.807, 2.05) is 11.0 Å². The van der Waals surface area contributed by atoms with E-state index >= 15 is 0 Å². The van der Waals surface area contributed by atoms with Crippen LogP contribution in [0.2, 0.25) is 0 Å². The van der Waals surface area contributed by atoms with Gasteiger partial charge in [-0.15, -0.1) is 0 Å². The van der Waals surface area contributed by atoms with Crippen LogP contribution in [0.4, 0.5) is 0 Å². The van der Waals surface area contributed by atoms with Crippen molar-refractivity contribution in [3.63, 3.8) is 0 Å². The van der Waals surface area contributed by atoms with Crippen molar-refractivity contribution in [2.24, 2.45) is 11.8 Å². The maximum absolute atomic E-state index is 12.9. The molecule has 2 fully saturated rings. The molecule has 3 aliphatic rings. The van der Waals surface area contributed by atoms with Gasteiger partial charge in [-0.3, -0.25) is 14.5 Å². The number of piperazine rings is 1. The van der Waals surface area contributed by atoms with Crippen LogP contribution in [0.25, 0.3) is 0 Å². The Labute approximate surface area is 153 Å². The third kappa shape index (κ3) is 3.15. The number of carboxylic acid groups (broad SMARTS) is 1. The summed E-state index contributed by atoms with van der Waals surface area (Å²) in [5, 5.41) is 9.49. The average molecular weight is 356 g/mol. The fraction of sp³-hybridized carbons (Fsp3) is 0.500. The minimum atomic E-state index is -0.946. The SMILES string of the molecule is Cc1ccc(CN2CCN(C(=O)[C@@H]3[C@H](C(=O)O)[C@H]4C=C[C@H]3O4)CC2)cc1. The Kier molecular flexibility index (Phi) is 4.54. The van der Waals surface area contributed by atoms with E-state index in [2.05, 4.69) is 36.1 Å². The molecule has 3 heterocycles.